The molecule has 1 N–H and O–H groups in total. The van der Waals surface area contributed by atoms with Crippen molar-refractivity contribution in [3.05, 3.63) is 0 Å². The van der Waals surface area contributed by atoms with Crippen molar-refractivity contribution in [3.8, 4) is 0 Å². The van der Waals surface area contributed by atoms with Crippen molar-refractivity contribution < 1.29 is 9.53 Å². The highest BCUT2D eigenvalue weighted by molar-refractivity contribution is 5.84. The van der Waals surface area contributed by atoms with Crippen molar-refractivity contribution in [3.63, 3.8) is 0 Å². The summed E-state index contributed by atoms with van der Waals surface area (Å²) < 4.78 is 5.32. The van der Waals surface area contributed by atoms with Gasteiger partial charge in [0.25, 0.3) is 0 Å². The minimum absolute atomic E-state index is 0.00553. The second-order valence-electron chi connectivity index (χ2n) is 4.54. The summed E-state index contributed by atoms with van der Waals surface area (Å²) in [5, 5.41) is 3.39. The van der Waals surface area contributed by atoms with Gasteiger partial charge in [-0.05, 0) is 19.3 Å². The van der Waals surface area contributed by atoms with Gasteiger partial charge in [0.15, 0.2) is 0 Å². The summed E-state index contributed by atoms with van der Waals surface area (Å²) in [5.41, 5.74) is 0. The zero-order valence-corrected chi connectivity index (χ0v) is 10.8. The lowest BCUT2D eigenvalue weighted by Gasteiger charge is -2.27. The molecule has 16 heavy (non-hydrogen) atoms. The van der Waals surface area contributed by atoms with Crippen LogP contribution in [-0.4, -0.2) is 42.8 Å². The second-order valence-corrected chi connectivity index (χ2v) is 4.54. The van der Waals surface area contributed by atoms with Crippen LogP contribution < -0.4 is 5.32 Å². The van der Waals surface area contributed by atoms with Crippen LogP contribution in [0, 0.1) is 5.92 Å². The lowest BCUT2D eigenvalue weighted by atomic mass is 10.1. The molecule has 4 heteroatoms. The number of hydrogen-bond donors (Lipinski definition) is 1. The predicted molar refractivity (Wildman–Crippen MR) is 64.0 cm³/mol. The van der Waals surface area contributed by atoms with Crippen molar-refractivity contribution in [1.82, 2.24) is 10.2 Å². The molecule has 2 unspecified atom stereocenters. The molecule has 1 aliphatic rings. The van der Waals surface area contributed by atoms with Gasteiger partial charge in [-0.3, -0.25) is 10.1 Å². The zero-order valence-electron chi connectivity index (χ0n) is 10.8. The molecule has 1 fully saturated rings. The minimum Gasteiger partial charge on any atom is -0.380 e. The topological polar surface area (TPSA) is 41.6 Å². The van der Waals surface area contributed by atoms with Gasteiger partial charge in [-0.25, -0.2) is 0 Å². The first-order chi connectivity index (χ1) is 7.61. The summed E-state index contributed by atoms with van der Waals surface area (Å²) in [5.74, 6) is 0.656. The number of amides is 1. The van der Waals surface area contributed by atoms with Crippen LogP contribution >= 0.6 is 0 Å². The number of ether oxygens (including phenoxy) is 1. The monoisotopic (exact) mass is 228 g/mol. The molecule has 1 heterocycles. The third kappa shape index (κ3) is 2.95. The van der Waals surface area contributed by atoms with Gasteiger partial charge in [-0.15, -0.1) is 0 Å². The van der Waals surface area contributed by atoms with E-state index in [-0.39, 0.29) is 18.1 Å². The summed E-state index contributed by atoms with van der Waals surface area (Å²) in [6, 6.07) is -0.00553. The van der Waals surface area contributed by atoms with Crippen LogP contribution in [0.15, 0.2) is 0 Å². The smallest absolute Gasteiger partial charge is 0.241 e. The molecular formula is C12H24N2O2. The molecule has 1 amide bonds. The van der Waals surface area contributed by atoms with Gasteiger partial charge in [0.2, 0.25) is 5.91 Å². The van der Waals surface area contributed by atoms with Gasteiger partial charge in [-0.2, -0.15) is 0 Å². The van der Waals surface area contributed by atoms with Gasteiger partial charge in [-0.1, -0.05) is 20.8 Å². The quantitative estimate of drug-likeness (QED) is 0.695. The molecule has 1 aliphatic heterocycles. The fraction of sp³-hybridized carbons (Fsp3) is 0.917. The largest absolute Gasteiger partial charge is 0.380 e. The summed E-state index contributed by atoms with van der Waals surface area (Å²) in [6.07, 6.45) is 1.02. The highest BCUT2D eigenvalue weighted by Crippen LogP contribution is 2.18. The fourth-order valence-electron chi connectivity index (χ4n) is 2.11. The maximum absolute atomic E-state index is 12.1. The van der Waals surface area contributed by atoms with Crippen molar-refractivity contribution in [2.75, 3.05) is 19.8 Å². The van der Waals surface area contributed by atoms with E-state index < -0.39 is 0 Å². The average Bonchev–Trinajstić information content (AvgIpc) is 2.57. The van der Waals surface area contributed by atoms with Crippen LogP contribution in [0.3, 0.4) is 0 Å². The minimum atomic E-state index is -0.00553. The van der Waals surface area contributed by atoms with Crippen molar-refractivity contribution >= 4 is 5.91 Å². The molecule has 0 aromatic carbocycles. The molecule has 0 saturated carbocycles. The summed E-state index contributed by atoms with van der Waals surface area (Å²) in [4.78, 5) is 14.0. The number of rotatable bonds is 6. The Morgan fingerprint density at radius 1 is 1.44 bits per heavy atom. The van der Waals surface area contributed by atoms with Gasteiger partial charge < -0.3 is 9.64 Å². The van der Waals surface area contributed by atoms with Crippen molar-refractivity contribution in [2.24, 2.45) is 5.92 Å². The van der Waals surface area contributed by atoms with E-state index >= 15 is 0 Å². The third-order valence-electron chi connectivity index (χ3n) is 3.01. The van der Waals surface area contributed by atoms with E-state index in [9.17, 15) is 4.79 Å². The fourth-order valence-corrected chi connectivity index (χ4v) is 2.11. The maximum atomic E-state index is 12.1. The molecule has 0 radical (unpaired) electrons. The Labute approximate surface area is 98.3 Å². The first-order valence-corrected chi connectivity index (χ1v) is 6.26. The Hall–Kier alpha value is -0.610. The van der Waals surface area contributed by atoms with Crippen LogP contribution in [0.25, 0.3) is 0 Å². The summed E-state index contributed by atoms with van der Waals surface area (Å²) in [6.45, 7) is 10.3. The molecular weight excluding hydrogens is 204 g/mol. The molecule has 2 atom stereocenters. The summed E-state index contributed by atoms with van der Waals surface area (Å²) >= 11 is 0. The zero-order chi connectivity index (χ0) is 12.1. The second kappa shape index (κ2) is 6.21. The number of carbonyl (C=O) groups excluding carboxylic acids is 1. The first kappa shape index (κ1) is 13.5. The Morgan fingerprint density at radius 3 is 2.62 bits per heavy atom. The molecule has 4 nitrogen and oxygen atoms in total. The van der Waals surface area contributed by atoms with Gasteiger partial charge in [0, 0.05) is 13.2 Å². The van der Waals surface area contributed by atoms with Crippen molar-refractivity contribution in [1.29, 1.82) is 0 Å². The van der Waals surface area contributed by atoms with E-state index in [0.29, 0.717) is 25.7 Å². The maximum Gasteiger partial charge on any atom is 0.241 e. The summed E-state index contributed by atoms with van der Waals surface area (Å²) in [7, 11) is 0. The van der Waals surface area contributed by atoms with E-state index in [4.69, 9.17) is 4.74 Å². The van der Waals surface area contributed by atoms with Crippen LogP contribution in [0.4, 0.5) is 0 Å². The van der Waals surface area contributed by atoms with Gasteiger partial charge in [0.05, 0.1) is 18.8 Å². The lowest BCUT2D eigenvalue weighted by molar-refractivity contribution is -0.131. The standard InChI is InChI=1S/C12H24N2O2/c1-5-10-12(15)14(7-8-16-6-2)11(13-10)9(3)4/h9-11,13H,5-8H2,1-4H3. The molecule has 0 aliphatic carbocycles. The first-order valence-electron chi connectivity index (χ1n) is 6.26. The molecule has 0 bridgehead atoms. The Kier molecular flexibility index (Phi) is 5.22. The Balaban J connectivity index is 2.58. The van der Waals surface area contributed by atoms with Gasteiger partial charge >= 0.3 is 0 Å². The molecule has 1 rings (SSSR count). The SMILES string of the molecule is CCOCCN1C(=O)C(CC)NC1C(C)C. The highest BCUT2D eigenvalue weighted by Gasteiger charge is 2.38. The number of hydrogen-bond acceptors (Lipinski definition) is 3. The molecule has 94 valence electrons. The predicted octanol–water partition coefficient (Wildman–Crippen LogP) is 1.22. The normalized spacial score (nSPS) is 25.8. The van der Waals surface area contributed by atoms with E-state index in [2.05, 4.69) is 19.2 Å². The van der Waals surface area contributed by atoms with Crippen LogP contribution in [0.5, 0.6) is 0 Å². The van der Waals surface area contributed by atoms with Crippen LogP contribution in [0.1, 0.15) is 34.1 Å². The Morgan fingerprint density at radius 2 is 2.12 bits per heavy atom. The van der Waals surface area contributed by atoms with Gasteiger partial charge in [0.1, 0.15) is 0 Å². The highest BCUT2D eigenvalue weighted by atomic mass is 16.5. The molecule has 0 aromatic rings. The van der Waals surface area contributed by atoms with Crippen LogP contribution in [-0.2, 0) is 9.53 Å². The number of nitrogens with zero attached hydrogens (tertiary/aromatic N) is 1. The van der Waals surface area contributed by atoms with E-state index in [1.165, 1.54) is 0 Å². The van der Waals surface area contributed by atoms with E-state index in [1.807, 2.05) is 18.7 Å². The molecule has 0 spiro atoms. The Bertz CT molecular complexity index is 231. The van der Waals surface area contributed by atoms with E-state index in [0.717, 1.165) is 6.42 Å². The third-order valence-corrected chi connectivity index (χ3v) is 3.01. The van der Waals surface area contributed by atoms with E-state index in [1.54, 1.807) is 0 Å². The molecule has 1 saturated heterocycles. The molecule has 0 aromatic heterocycles. The number of nitrogens with one attached hydrogen (secondary N) is 1. The lowest BCUT2D eigenvalue weighted by Crippen LogP contribution is -2.43. The number of carbonyl (C=O) groups is 1. The average molecular weight is 228 g/mol. The van der Waals surface area contributed by atoms with Crippen molar-refractivity contribution in [2.45, 2.75) is 46.3 Å². The van der Waals surface area contributed by atoms with Crippen LogP contribution in [0.2, 0.25) is 0 Å².